The van der Waals surface area contributed by atoms with E-state index in [0.717, 1.165) is 24.4 Å². The van der Waals surface area contributed by atoms with Crippen LogP contribution in [0.2, 0.25) is 0 Å². The first-order valence-corrected chi connectivity index (χ1v) is 5.28. The van der Waals surface area contributed by atoms with Crippen molar-refractivity contribution in [3.05, 3.63) is 29.8 Å². The zero-order chi connectivity index (χ0) is 10.8. The molecule has 2 rings (SSSR count). The summed E-state index contributed by atoms with van der Waals surface area (Å²) in [6, 6.07) is 7.66. The van der Waals surface area contributed by atoms with Crippen LogP contribution in [0.4, 0.5) is 0 Å². The lowest BCUT2D eigenvalue weighted by Gasteiger charge is -2.36. The fourth-order valence-electron chi connectivity index (χ4n) is 1.76. The lowest BCUT2D eigenvalue weighted by atomic mass is 10.1. The standard InChI is InChI=1S/C12H17NO2/c1-9(14)10-4-3-5-11(6-10)15-12-7-13(2)8-12/h3-6,9,12,14H,7-8H2,1-2H3. The molecular formula is C12H17NO2. The maximum Gasteiger partial charge on any atom is 0.124 e. The van der Waals surface area contributed by atoms with Gasteiger partial charge in [0.15, 0.2) is 0 Å². The highest BCUT2D eigenvalue weighted by atomic mass is 16.5. The van der Waals surface area contributed by atoms with E-state index < -0.39 is 6.10 Å². The second kappa shape index (κ2) is 4.21. The minimum atomic E-state index is -0.433. The average Bonchev–Trinajstić information content (AvgIpc) is 2.16. The van der Waals surface area contributed by atoms with Gasteiger partial charge in [0, 0.05) is 13.1 Å². The summed E-state index contributed by atoms with van der Waals surface area (Å²) < 4.78 is 5.76. The molecule has 0 radical (unpaired) electrons. The molecule has 82 valence electrons. The summed E-state index contributed by atoms with van der Waals surface area (Å²) in [5, 5.41) is 9.43. The third-order valence-electron chi connectivity index (χ3n) is 2.67. The molecule has 1 aromatic carbocycles. The normalized spacial score (nSPS) is 19.7. The van der Waals surface area contributed by atoms with Crippen molar-refractivity contribution in [3.63, 3.8) is 0 Å². The van der Waals surface area contributed by atoms with Gasteiger partial charge in [-0.1, -0.05) is 12.1 Å². The van der Waals surface area contributed by atoms with Crippen molar-refractivity contribution in [1.82, 2.24) is 4.90 Å². The molecule has 1 N–H and O–H groups in total. The Morgan fingerprint density at radius 2 is 2.20 bits per heavy atom. The molecule has 1 unspecified atom stereocenters. The molecule has 0 amide bonds. The number of rotatable bonds is 3. The van der Waals surface area contributed by atoms with Crippen molar-refractivity contribution in [2.24, 2.45) is 0 Å². The van der Waals surface area contributed by atoms with Gasteiger partial charge in [-0.3, -0.25) is 4.90 Å². The van der Waals surface area contributed by atoms with Gasteiger partial charge in [-0.15, -0.1) is 0 Å². The smallest absolute Gasteiger partial charge is 0.124 e. The monoisotopic (exact) mass is 207 g/mol. The molecule has 1 aliphatic rings. The van der Waals surface area contributed by atoms with Crippen LogP contribution in [0.3, 0.4) is 0 Å². The number of hydrogen-bond donors (Lipinski definition) is 1. The molecule has 1 heterocycles. The van der Waals surface area contributed by atoms with Gasteiger partial charge in [-0.2, -0.15) is 0 Å². The van der Waals surface area contributed by atoms with E-state index in [9.17, 15) is 5.11 Å². The van der Waals surface area contributed by atoms with Gasteiger partial charge in [0.25, 0.3) is 0 Å². The number of likely N-dealkylation sites (tertiary alicyclic amines) is 1. The van der Waals surface area contributed by atoms with Gasteiger partial charge < -0.3 is 9.84 Å². The van der Waals surface area contributed by atoms with Crippen molar-refractivity contribution in [2.45, 2.75) is 19.1 Å². The Hall–Kier alpha value is -1.06. The first-order chi connectivity index (χ1) is 7.15. The van der Waals surface area contributed by atoms with Crippen LogP contribution in [-0.2, 0) is 0 Å². The van der Waals surface area contributed by atoms with Gasteiger partial charge in [0.2, 0.25) is 0 Å². The molecule has 1 aliphatic heterocycles. The van der Waals surface area contributed by atoms with Crippen LogP contribution < -0.4 is 4.74 Å². The number of aliphatic hydroxyl groups excluding tert-OH is 1. The van der Waals surface area contributed by atoms with E-state index in [4.69, 9.17) is 4.74 Å². The lowest BCUT2D eigenvalue weighted by Crippen LogP contribution is -2.51. The lowest BCUT2D eigenvalue weighted by molar-refractivity contribution is 0.0386. The van der Waals surface area contributed by atoms with E-state index in [-0.39, 0.29) is 0 Å². The van der Waals surface area contributed by atoms with Crippen LogP contribution in [0.15, 0.2) is 24.3 Å². The van der Waals surface area contributed by atoms with Crippen molar-refractivity contribution in [1.29, 1.82) is 0 Å². The minimum Gasteiger partial charge on any atom is -0.488 e. The number of ether oxygens (including phenoxy) is 1. The molecule has 0 aliphatic carbocycles. The molecule has 1 aromatic rings. The Bertz CT molecular complexity index is 332. The summed E-state index contributed by atoms with van der Waals surface area (Å²) in [6.07, 6.45) is -0.128. The van der Waals surface area contributed by atoms with Crippen molar-refractivity contribution >= 4 is 0 Å². The second-order valence-corrected chi connectivity index (χ2v) is 4.21. The fourth-order valence-corrected chi connectivity index (χ4v) is 1.76. The molecule has 3 heteroatoms. The maximum absolute atomic E-state index is 9.43. The molecule has 15 heavy (non-hydrogen) atoms. The number of aliphatic hydroxyl groups is 1. The van der Waals surface area contributed by atoms with E-state index in [1.165, 1.54) is 0 Å². The predicted molar refractivity (Wildman–Crippen MR) is 59.0 cm³/mol. The largest absolute Gasteiger partial charge is 0.488 e. The van der Waals surface area contributed by atoms with Crippen LogP contribution in [0.5, 0.6) is 5.75 Å². The highest BCUT2D eigenvalue weighted by molar-refractivity contribution is 5.30. The maximum atomic E-state index is 9.43. The zero-order valence-corrected chi connectivity index (χ0v) is 9.18. The van der Waals surface area contributed by atoms with Crippen LogP contribution in [0, 0.1) is 0 Å². The topological polar surface area (TPSA) is 32.7 Å². The Kier molecular flexibility index (Phi) is 2.93. The van der Waals surface area contributed by atoms with Gasteiger partial charge in [0.05, 0.1) is 6.10 Å². The summed E-state index contributed by atoms with van der Waals surface area (Å²) in [5.74, 6) is 0.853. The van der Waals surface area contributed by atoms with E-state index in [1.54, 1.807) is 6.92 Å². The molecule has 1 fully saturated rings. The Morgan fingerprint density at radius 1 is 1.47 bits per heavy atom. The fraction of sp³-hybridized carbons (Fsp3) is 0.500. The second-order valence-electron chi connectivity index (χ2n) is 4.21. The van der Waals surface area contributed by atoms with E-state index in [0.29, 0.717) is 6.10 Å². The zero-order valence-electron chi connectivity index (χ0n) is 9.18. The van der Waals surface area contributed by atoms with Crippen LogP contribution in [0.1, 0.15) is 18.6 Å². The summed E-state index contributed by atoms with van der Waals surface area (Å²) in [7, 11) is 2.08. The van der Waals surface area contributed by atoms with Gasteiger partial charge >= 0.3 is 0 Å². The predicted octanol–water partition coefficient (Wildman–Crippen LogP) is 1.43. The summed E-state index contributed by atoms with van der Waals surface area (Å²) in [5.41, 5.74) is 0.903. The molecule has 0 spiro atoms. The van der Waals surface area contributed by atoms with Crippen molar-refractivity contribution in [2.75, 3.05) is 20.1 Å². The highest BCUT2D eigenvalue weighted by Gasteiger charge is 2.24. The molecule has 0 saturated carbocycles. The first-order valence-electron chi connectivity index (χ1n) is 5.28. The van der Waals surface area contributed by atoms with E-state index in [2.05, 4.69) is 11.9 Å². The summed E-state index contributed by atoms with van der Waals surface area (Å²) in [4.78, 5) is 2.21. The van der Waals surface area contributed by atoms with Crippen LogP contribution >= 0.6 is 0 Å². The SMILES string of the molecule is CC(O)c1cccc(OC2CN(C)C2)c1. The molecule has 1 atom stereocenters. The highest BCUT2D eigenvalue weighted by Crippen LogP contribution is 2.21. The van der Waals surface area contributed by atoms with Gasteiger partial charge in [-0.25, -0.2) is 0 Å². The van der Waals surface area contributed by atoms with E-state index >= 15 is 0 Å². The first kappa shape index (κ1) is 10.5. The number of benzene rings is 1. The Balaban J connectivity index is 1.99. The van der Waals surface area contributed by atoms with Gasteiger partial charge in [-0.05, 0) is 31.7 Å². The third kappa shape index (κ3) is 2.49. The van der Waals surface area contributed by atoms with Crippen LogP contribution in [0.25, 0.3) is 0 Å². The van der Waals surface area contributed by atoms with E-state index in [1.807, 2.05) is 24.3 Å². The quantitative estimate of drug-likeness (QED) is 0.814. The van der Waals surface area contributed by atoms with Crippen LogP contribution in [-0.4, -0.2) is 36.2 Å². The molecular weight excluding hydrogens is 190 g/mol. The molecule has 3 nitrogen and oxygen atoms in total. The number of nitrogens with zero attached hydrogens (tertiary/aromatic N) is 1. The molecule has 0 bridgehead atoms. The van der Waals surface area contributed by atoms with Crippen molar-refractivity contribution in [3.8, 4) is 5.75 Å². The summed E-state index contributed by atoms with van der Waals surface area (Å²) in [6.45, 7) is 3.73. The Morgan fingerprint density at radius 3 is 2.80 bits per heavy atom. The van der Waals surface area contributed by atoms with Gasteiger partial charge in [0.1, 0.15) is 11.9 Å². The average molecular weight is 207 g/mol. The molecule has 1 saturated heterocycles. The van der Waals surface area contributed by atoms with Crippen molar-refractivity contribution < 1.29 is 9.84 Å². The minimum absolute atomic E-state index is 0.305. The Labute approximate surface area is 90.3 Å². The summed E-state index contributed by atoms with van der Waals surface area (Å²) >= 11 is 0. The number of hydrogen-bond acceptors (Lipinski definition) is 3. The third-order valence-corrected chi connectivity index (χ3v) is 2.67. The number of likely N-dealkylation sites (N-methyl/N-ethyl adjacent to an activating group) is 1. The molecule has 0 aromatic heterocycles.